The van der Waals surface area contributed by atoms with Gasteiger partial charge in [0, 0.05) is 13.0 Å². The van der Waals surface area contributed by atoms with E-state index in [9.17, 15) is 19.5 Å². The third-order valence-corrected chi connectivity index (χ3v) is 3.98. The SMILES string of the molecule is CCC1CC(C(=O)O)C(C(=O)NCCCC(=O)OC)C1. The van der Waals surface area contributed by atoms with Crippen molar-refractivity contribution in [1.29, 1.82) is 0 Å². The van der Waals surface area contributed by atoms with Crippen LogP contribution in [-0.4, -0.2) is 36.6 Å². The number of carbonyl (C=O) groups is 3. The van der Waals surface area contributed by atoms with Crippen LogP contribution in [0.15, 0.2) is 0 Å². The maximum atomic E-state index is 12.0. The average Bonchev–Trinajstić information content (AvgIpc) is 2.87. The van der Waals surface area contributed by atoms with Gasteiger partial charge in [0.15, 0.2) is 0 Å². The van der Waals surface area contributed by atoms with Gasteiger partial charge in [-0.25, -0.2) is 0 Å². The minimum absolute atomic E-state index is 0.210. The van der Waals surface area contributed by atoms with E-state index in [0.29, 0.717) is 31.7 Å². The maximum absolute atomic E-state index is 12.0. The molecule has 0 aromatic heterocycles. The lowest BCUT2D eigenvalue weighted by molar-refractivity contribution is -0.146. The molecule has 6 nitrogen and oxygen atoms in total. The zero-order valence-corrected chi connectivity index (χ0v) is 12.1. The first-order valence-corrected chi connectivity index (χ1v) is 7.06. The van der Waals surface area contributed by atoms with Crippen LogP contribution in [0.3, 0.4) is 0 Å². The third kappa shape index (κ3) is 4.51. The number of ether oxygens (including phenoxy) is 1. The molecule has 3 unspecified atom stereocenters. The molecule has 1 rings (SSSR count). The fraction of sp³-hybridized carbons (Fsp3) is 0.786. The second kappa shape index (κ2) is 7.87. The smallest absolute Gasteiger partial charge is 0.307 e. The van der Waals surface area contributed by atoms with Crippen molar-refractivity contribution in [3.63, 3.8) is 0 Å². The van der Waals surface area contributed by atoms with Crippen LogP contribution in [0.2, 0.25) is 0 Å². The minimum Gasteiger partial charge on any atom is -0.481 e. The van der Waals surface area contributed by atoms with Gasteiger partial charge < -0.3 is 15.2 Å². The van der Waals surface area contributed by atoms with E-state index < -0.39 is 17.8 Å². The molecule has 0 aromatic rings. The Kier molecular flexibility index (Phi) is 6.48. The molecule has 0 saturated heterocycles. The van der Waals surface area contributed by atoms with Gasteiger partial charge in [-0.2, -0.15) is 0 Å². The van der Waals surface area contributed by atoms with Crippen LogP contribution in [0, 0.1) is 17.8 Å². The Morgan fingerprint density at radius 3 is 2.45 bits per heavy atom. The van der Waals surface area contributed by atoms with E-state index >= 15 is 0 Å². The monoisotopic (exact) mass is 285 g/mol. The quantitative estimate of drug-likeness (QED) is 0.541. The topological polar surface area (TPSA) is 92.7 Å². The summed E-state index contributed by atoms with van der Waals surface area (Å²) in [5.41, 5.74) is 0. The lowest BCUT2D eigenvalue weighted by Crippen LogP contribution is -2.35. The lowest BCUT2D eigenvalue weighted by atomic mass is 9.95. The van der Waals surface area contributed by atoms with Gasteiger partial charge in [-0.05, 0) is 25.2 Å². The molecule has 1 saturated carbocycles. The van der Waals surface area contributed by atoms with E-state index in [4.69, 9.17) is 0 Å². The highest BCUT2D eigenvalue weighted by Crippen LogP contribution is 2.38. The number of carbonyl (C=O) groups excluding carboxylic acids is 2. The Balaban J connectivity index is 2.41. The van der Waals surface area contributed by atoms with Crippen molar-refractivity contribution in [2.45, 2.75) is 39.0 Å². The van der Waals surface area contributed by atoms with Crippen LogP contribution in [0.4, 0.5) is 0 Å². The van der Waals surface area contributed by atoms with Gasteiger partial charge in [-0.3, -0.25) is 14.4 Å². The van der Waals surface area contributed by atoms with Gasteiger partial charge in [0.25, 0.3) is 0 Å². The number of hydrogen-bond acceptors (Lipinski definition) is 4. The molecule has 0 bridgehead atoms. The summed E-state index contributed by atoms with van der Waals surface area (Å²) in [4.78, 5) is 34.2. The highest BCUT2D eigenvalue weighted by Gasteiger charge is 2.41. The zero-order chi connectivity index (χ0) is 15.1. The number of aliphatic carboxylic acids is 1. The lowest BCUT2D eigenvalue weighted by Gasteiger charge is -2.15. The van der Waals surface area contributed by atoms with E-state index in [1.807, 2.05) is 6.92 Å². The van der Waals surface area contributed by atoms with Crippen molar-refractivity contribution in [1.82, 2.24) is 5.32 Å². The molecule has 0 spiro atoms. The summed E-state index contributed by atoms with van der Waals surface area (Å²) in [6.45, 7) is 2.38. The van der Waals surface area contributed by atoms with Crippen molar-refractivity contribution < 1.29 is 24.2 Å². The predicted octanol–water partition coefficient (Wildman–Crippen LogP) is 1.19. The zero-order valence-electron chi connectivity index (χ0n) is 12.1. The van der Waals surface area contributed by atoms with Gasteiger partial charge in [0.05, 0.1) is 18.9 Å². The number of carboxylic acid groups (broad SMARTS) is 1. The van der Waals surface area contributed by atoms with E-state index in [-0.39, 0.29) is 18.3 Å². The number of hydrogen-bond donors (Lipinski definition) is 2. The van der Waals surface area contributed by atoms with Crippen molar-refractivity contribution in [3.8, 4) is 0 Å². The number of nitrogens with one attached hydrogen (secondary N) is 1. The third-order valence-electron chi connectivity index (χ3n) is 3.98. The number of carboxylic acids is 1. The average molecular weight is 285 g/mol. The first-order chi connectivity index (χ1) is 9.49. The largest absolute Gasteiger partial charge is 0.481 e. The number of esters is 1. The number of rotatable bonds is 7. The Labute approximate surface area is 118 Å². The van der Waals surface area contributed by atoms with Crippen LogP contribution >= 0.6 is 0 Å². The molecule has 3 atom stereocenters. The summed E-state index contributed by atoms with van der Waals surface area (Å²) in [6, 6.07) is 0. The van der Waals surface area contributed by atoms with Gasteiger partial charge in [-0.15, -0.1) is 0 Å². The molecular weight excluding hydrogens is 262 g/mol. The Bertz CT molecular complexity index is 369. The van der Waals surface area contributed by atoms with Gasteiger partial charge in [-0.1, -0.05) is 13.3 Å². The van der Waals surface area contributed by atoms with Crippen molar-refractivity contribution in [3.05, 3.63) is 0 Å². The molecule has 0 aromatic carbocycles. The molecule has 114 valence electrons. The molecule has 1 aliphatic carbocycles. The van der Waals surface area contributed by atoms with Crippen LogP contribution in [0.25, 0.3) is 0 Å². The van der Waals surface area contributed by atoms with Crippen molar-refractivity contribution in [2.24, 2.45) is 17.8 Å². The van der Waals surface area contributed by atoms with Crippen LogP contribution in [0.5, 0.6) is 0 Å². The van der Waals surface area contributed by atoms with E-state index in [1.54, 1.807) is 0 Å². The Morgan fingerprint density at radius 1 is 1.25 bits per heavy atom. The standard InChI is InChI=1S/C14H23NO5/c1-3-9-7-10(11(8-9)14(18)19)13(17)15-6-4-5-12(16)20-2/h9-11H,3-8H2,1-2H3,(H,15,17)(H,18,19). The summed E-state index contributed by atoms with van der Waals surface area (Å²) in [5, 5.41) is 11.9. The van der Waals surface area contributed by atoms with Crippen LogP contribution < -0.4 is 5.32 Å². The predicted molar refractivity (Wildman–Crippen MR) is 71.9 cm³/mol. The van der Waals surface area contributed by atoms with E-state index in [2.05, 4.69) is 10.1 Å². The summed E-state index contributed by atoms with van der Waals surface area (Å²) in [7, 11) is 1.32. The molecule has 2 N–H and O–H groups in total. The molecule has 6 heteroatoms. The fourth-order valence-corrected chi connectivity index (χ4v) is 2.72. The van der Waals surface area contributed by atoms with E-state index in [0.717, 1.165) is 6.42 Å². The van der Waals surface area contributed by atoms with Crippen LogP contribution in [0.1, 0.15) is 39.0 Å². The summed E-state index contributed by atoms with van der Waals surface area (Å²) >= 11 is 0. The van der Waals surface area contributed by atoms with Crippen molar-refractivity contribution >= 4 is 17.8 Å². The van der Waals surface area contributed by atoms with E-state index in [1.165, 1.54) is 7.11 Å². The maximum Gasteiger partial charge on any atom is 0.307 e. The number of methoxy groups -OCH3 is 1. The Morgan fingerprint density at radius 2 is 1.90 bits per heavy atom. The Hall–Kier alpha value is -1.59. The second-order valence-corrected chi connectivity index (χ2v) is 5.27. The van der Waals surface area contributed by atoms with Gasteiger partial charge >= 0.3 is 11.9 Å². The molecule has 0 aliphatic heterocycles. The molecule has 0 heterocycles. The van der Waals surface area contributed by atoms with Crippen molar-refractivity contribution in [2.75, 3.05) is 13.7 Å². The molecule has 0 radical (unpaired) electrons. The summed E-state index contributed by atoms with van der Waals surface area (Å²) < 4.78 is 4.50. The molecule has 1 amide bonds. The summed E-state index contributed by atoms with van der Waals surface area (Å²) in [6.07, 6.45) is 2.86. The van der Waals surface area contributed by atoms with Crippen LogP contribution in [-0.2, 0) is 19.1 Å². The second-order valence-electron chi connectivity index (χ2n) is 5.27. The highest BCUT2D eigenvalue weighted by atomic mass is 16.5. The van der Waals surface area contributed by atoms with Gasteiger partial charge in [0.2, 0.25) is 5.91 Å². The first-order valence-electron chi connectivity index (χ1n) is 7.06. The highest BCUT2D eigenvalue weighted by molar-refractivity contribution is 5.85. The molecule has 1 aliphatic rings. The molecule has 1 fully saturated rings. The molecule has 20 heavy (non-hydrogen) atoms. The first kappa shape index (κ1) is 16.5. The number of amides is 1. The normalized spacial score (nSPS) is 25.2. The fourth-order valence-electron chi connectivity index (χ4n) is 2.72. The molecular formula is C14H23NO5. The summed E-state index contributed by atoms with van der Waals surface area (Å²) in [5.74, 6) is -2.14. The minimum atomic E-state index is -0.893. The van der Waals surface area contributed by atoms with Gasteiger partial charge in [0.1, 0.15) is 0 Å².